The normalized spacial score (nSPS) is 13.4. The van der Waals surface area contributed by atoms with Gasteiger partial charge >= 0.3 is 0 Å². The number of hydrogen-bond acceptors (Lipinski definition) is 5. The molecule has 4 nitrogen and oxygen atoms in total. The van der Waals surface area contributed by atoms with E-state index in [2.05, 4.69) is 96.3 Å². The summed E-state index contributed by atoms with van der Waals surface area (Å²) in [4.78, 5) is 18.0. The van der Waals surface area contributed by atoms with E-state index in [4.69, 9.17) is 4.74 Å². The van der Waals surface area contributed by atoms with Gasteiger partial charge in [-0.2, -0.15) is 0 Å². The maximum absolute atomic E-state index is 13.6. The number of fused-ring (bicyclic) bond motifs is 7. The smallest absolute Gasteiger partial charge is 0.197 e. The van der Waals surface area contributed by atoms with Crippen LogP contribution < -0.4 is 10.2 Å². The molecule has 0 saturated carbocycles. The van der Waals surface area contributed by atoms with Crippen molar-refractivity contribution in [2.24, 2.45) is 5.50 Å². The lowest BCUT2D eigenvalue weighted by atomic mass is 9.79. The summed E-state index contributed by atoms with van der Waals surface area (Å²) in [6.07, 6.45) is 9.07. The number of nitrogens with zero attached hydrogens (tertiary/aromatic N) is 1. The van der Waals surface area contributed by atoms with Crippen LogP contribution in [0.4, 0.5) is 0 Å². The lowest BCUT2D eigenvalue weighted by molar-refractivity contribution is 0.103. The van der Waals surface area contributed by atoms with Crippen molar-refractivity contribution >= 4 is 63.8 Å². The summed E-state index contributed by atoms with van der Waals surface area (Å²) in [7, 11) is 3.59. The summed E-state index contributed by atoms with van der Waals surface area (Å²) < 4.78 is 7.12. The number of hydrogen-bond donors (Lipinski definition) is 1. The molecule has 1 heterocycles. The monoisotopic (exact) mass is 642 g/mol. The summed E-state index contributed by atoms with van der Waals surface area (Å²) in [5.41, 5.74) is 17.8. The molecule has 0 spiro atoms. The van der Waals surface area contributed by atoms with E-state index in [1.165, 1.54) is 49.5 Å². The predicted octanol–water partition coefficient (Wildman–Crippen LogP) is 10.2. The van der Waals surface area contributed by atoms with Gasteiger partial charge in [-0.05, 0) is 103 Å². The van der Waals surface area contributed by atoms with E-state index in [1.807, 2.05) is 34.8 Å². The van der Waals surface area contributed by atoms with Gasteiger partial charge in [-0.15, -0.1) is 11.3 Å². The first-order valence-electron chi connectivity index (χ1n) is 15.6. The van der Waals surface area contributed by atoms with E-state index >= 15 is 0 Å². The molecule has 0 amide bonds. The van der Waals surface area contributed by atoms with Crippen LogP contribution in [0, 0.1) is 20.8 Å². The van der Waals surface area contributed by atoms with Gasteiger partial charge in [0.05, 0.1) is 28.4 Å². The number of ketones is 1. The Morgan fingerprint density at radius 2 is 1.63 bits per heavy atom. The van der Waals surface area contributed by atoms with Crippen LogP contribution in [0.2, 0.25) is 0 Å². The maximum atomic E-state index is 13.6. The summed E-state index contributed by atoms with van der Waals surface area (Å²) >= 11 is 1.69. The summed E-state index contributed by atoms with van der Waals surface area (Å²) in [5, 5.41) is 4.74. The zero-order valence-corrected chi connectivity index (χ0v) is 28.8. The van der Waals surface area contributed by atoms with E-state index in [1.54, 1.807) is 24.0 Å². The molecule has 0 fully saturated rings. The highest BCUT2D eigenvalue weighted by Crippen LogP contribution is 2.42. The van der Waals surface area contributed by atoms with Gasteiger partial charge in [-0.25, -0.2) is 4.98 Å². The fourth-order valence-electron chi connectivity index (χ4n) is 7.16. The number of carbonyl (C=O) groups is 1. The zero-order valence-electron chi connectivity index (χ0n) is 26.8. The second kappa shape index (κ2) is 13.7. The highest BCUT2D eigenvalue weighted by atomic mass is 32.1. The molecule has 232 valence electrons. The standard InChI is InChI=1S/C29H28O2.C11H7NS.H4NP/c1-17-15-18(2)27(19(3)16-17)28(30)26-14-12-24-23-10-9-20-7-5-6-8-21(20)22(23)11-13-25(24)29(26)31-4;1-2-4-9-8(3-1)5-6-10-11(9)12-7-13-10;1-2/h6,8,11-16H,5,7,9-10H2,1-4H3;1-7H;1-2H2. The molecule has 6 heteroatoms. The van der Waals surface area contributed by atoms with Gasteiger partial charge in [0.15, 0.2) is 5.78 Å². The van der Waals surface area contributed by atoms with Crippen molar-refractivity contribution in [2.75, 3.05) is 7.11 Å². The van der Waals surface area contributed by atoms with Crippen molar-refractivity contribution in [1.82, 2.24) is 4.98 Å². The van der Waals surface area contributed by atoms with E-state index in [0.717, 1.165) is 46.9 Å². The molecular weight excluding hydrogens is 603 g/mol. The van der Waals surface area contributed by atoms with Crippen molar-refractivity contribution in [2.45, 2.75) is 46.5 Å². The summed E-state index contributed by atoms with van der Waals surface area (Å²) in [5.74, 6) is 0.718. The van der Waals surface area contributed by atoms with Crippen LogP contribution >= 0.6 is 20.7 Å². The number of rotatable bonds is 3. The Morgan fingerprint density at radius 3 is 2.41 bits per heavy atom. The van der Waals surface area contributed by atoms with Crippen LogP contribution in [-0.2, 0) is 6.42 Å². The maximum Gasteiger partial charge on any atom is 0.197 e. The van der Waals surface area contributed by atoms with Gasteiger partial charge in [-0.3, -0.25) is 4.79 Å². The first-order chi connectivity index (χ1) is 22.4. The molecule has 1 aromatic heterocycles. The molecule has 1 unspecified atom stereocenters. The van der Waals surface area contributed by atoms with Gasteiger partial charge in [0, 0.05) is 16.3 Å². The third kappa shape index (κ3) is 5.80. The van der Waals surface area contributed by atoms with Crippen molar-refractivity contribution in [3.8, 4) is 5.75 Å². The molecule has 0 bridgehead atoms. The van der Waals surface area contributed by atoms with Crippen LogP contribution in [0.1, 0.15) is 63.0 Å². The number of thiazole rings is 1. The second-order valence-electron chi connectivity index (χ2n) is 11.9. The molecule has 2 aliphatic carbocycles. The quantitative estimate of drug-likeness (QED) is 0.154. The van der Waals surface area contributed by atoms with Gasteiger partial charge in [0.25, 0.3) is 0 Å². The van der Waals surface area contributed by atoms with Crippen molar-refractivity contribution < 1.29 is 9.53 Å². The van der Waals surface area contributed by atoms with E-state index in [0.29, 0.717) is 11.3 Å². The lowest BCUT2D eigenvalue weighted by Gasteiger charge is -2.26. The average Bonchev–Trinajstić information content (AvgIpc) is 3.58. The van der Waals surface area contributed by atoms with E-state index < -0.39 is 0 Å². The van der Waals surface area contributed by atoms with Crippen molar-refractivity contribution in [3.05, 3.63) is 135 Å². The number of nitrogens with two attached hydrogens (primary N) is 1. The summed E-state index contributed by atoms with van der Waals surface area (Å²) in [6, 6.07) is 25.2. The van der Waals surface area contributed by atoms with Crippen LogP contribution in [-0.4, -0.2) is 17.9 Å². The Labute approximate surface area is 277 Å². The van der Waals surface area contributed by atoms with Crippen LogP contribution in [0.3, 0.4) is 0 Å². The number of allylic oxidation sites excluding steroid dienone is 4. The number of ether oxygens (including phenoxy) is 1. The first kappa shape index (κ1) is 31.8. The number of aryl methyl sites for hydroxylation is 4. The Bertz CT molecular complexity index is 2150. The second-order valence-corrected chi connectivity index (χ2v) is 12.8. The van der Waals surface area contributed by atoms with Gasteiger partial charge < -0.3 is 10.2 Å². The van der Waals surface area contributed by atoms with Gasteiger partial charge in [0.2, 0.25) is 0 Å². The minimum absolute atomic E-state index is 0.0340. The molecule has 6 aromatic rings. The van der Waals surface area contributed by atoms with Crippen LogP contribution in [0.5, 0.6) is 5.75 Å². The fourth-order valence-corrected chi connectivity index (χ4v) is 7.85. The van der Waals surface area contributed by atoms with E-state index in [9.17, 15) is 4.79 Å². The van der Waals surface area contributed by atoms with Gasteiger partial charge in [-0.1, -0.05) is 87.3 Å². The predicted molar refractivity (Wildman–Crippen MR) is 199 cm³/mol. The largest absolute Gasteiger partial charge is 0.495 e. The topological polar surface area (TPSA) is 65.2 Å². The Kier molecular flexibility index (Phi) is 9.47. The van der Waals surface area contributed by atoms with Crippen molar-refractivity contribution in [3.63, 3.8) is 0 Å². The average molecular weight is 643 g/mol. The number of carbonyl (C=O) groups excluding carboxylic acids is 1. The Balaban J connectivity index is 0.000000205. The first-order valence-corrected chi connectivity index (χ1v) is 17.2. The Hall–Kier alpha value is -4.15. The Morgan fingerprint density at radius 1 is 0.870 bits per heavy atom. The zero-order chi connectivity index (χ0) is 32.4. The minimum Gasteiger partial charge on any atom is -0.495 e. The van der Waals surface area contributed by atoms with Crippen LogP contribution in [0.25, 0.3) is 37.3 Å². The third-order valence-corrected chi connectivity index (χ3v) is 9.88. The van der Waals surface area contributed by atoms with Gasteiger partial charge in [0.1, 0.15) is 5.75 Å². The highest BCUT2D eigenvalue weighted by molar-refractivity contribution is 7.16. The molecule has 5 aromatic carbocycles. The molecule has 0 radical (unpaired) electrons. The molecule has 46 heavy (non-hydrogen) atoms. The van der Waals surface area contributed by atoms with Crippen molar-refractivity contribution in [1.29, 1.82) is 0 Å². The molecule has 0 aliphatic heterocycles. The van der Waals surface area contributed by atoms with Crippen LogP contribution in [0.15, 0.2) is 96.0 Å². The third-order valence-electron chi connectivity index (χ3n) is 9.09. The molecule has 1 atom stereocenters. The minimum atomic E-state index is 0.0340. The fraction of sp³-hybridized carbons (Fsp3) is 0.200. The molecule has 0 saturated heterocycles. The molecule has 8 rings (SSSR count). The molecule has 2 aliphatic rings. The SMILES string of the molecule is COc1c(C(=O)c2c(C)cc(C)cc2C)ccc2c3c(ccc12)C1=C(CCC=C1)CC3.NP.c1ccc2c(c1)ccc1scnc12. The number of benzene rings is 5. The molecular formula is C40H39N2O2PS. The molecule has 2 N–H and O–H groups in total. The van der Waals surface area contributed by atoms with E-state index in [-0.39, 0.29) is 5.78 Å². The summed E-state index contributed by atoms with van der Waals surface area (Å²) in [6.45, 7) is 6.09. The number of methoxy groups -OCH3 is 1. The number of aromatic nitrogens is 1. The lowest BCUT2D eigenvalue weighted by Crippen LogP contribution is -2.10. The highest BCUT2D eigenvalue weighted by Gasteiger charge is 2.25.